The molecule has 5 nitrogen and oxygen atoms in total. The van der Waals surface area contributed by atoms with Crippen LogP contribution in [-0.4, -0.2) is 34.3 Å². The predicted octanol–water partition coefficient (Wildman–Crippen LogP) is 0.666. The Kier molecular flexibility index (Phi) is 3.64. The summed E-state index contributed by atoms with van der Waals surface area (Å²) in [4.78, 5) is 8.05. The standard InChI is InChI=1S/C9H15N3O2/c1-6(7(2)13)11-9-10-5-4-8(12-9)14-3/h4-7,13H,1-3H3,(H,10,11,12). The number of aliphatic hydroxyl groups excluding tert-OH is 1. The van der Waals surface area contributed by atoms with Gasteiger partial charge in [-0.1, -0.05) is 0 Å². The van der Waals surface area contributed by atoms with Crippen molar-refractivity contribution in [3.05, 3.63) is 12.3 Å². The number of anilines is 1. The summed E-state index contributed by atoms with van der Waals surface area (Å²) < 4.78 is 4.94. The summed E-state index contributed by atoms with van der Waals surface area (Å²) >= 11 is 0. The molecule has 0 saturated heterocycles. The van der Waals surface area contributed by atoms with Crippen LogP contribution in [-0.2, 0) is 0 Å². The van der Waals surface area contributed by atoms with Crippen molar-refractivity contribution in [1.29, 1.82) is 0 Å². The van der Waals surface area contributed by atoms with E-state index in [1.807, 2.05) is 6.92 Å². The molecule has 2 N–H and O–H groups in total. The van der Waals surface area contributed by atoms with E-state index < -0.39 is 6.10 Å². The molecule has 14 heavy (non-hydrogen) atoms. The molecule has 78 valence electrons. The summed E-state index contributed by atoms with van der Waals surface area (Å²) in [6.07, 6.45) is 1.15. The molecule has 0 amide bonds. The number of nitrogens with zero attached hydrogens (tertiary/aromatic N) is 2. The van der Waals surface area contributed by atoms with Crippen molar-refractivity contribution in [1.82, 2.24) is 9.97 Å². The smallest absolute Gasteiger partial charge is 0.226 e. The van der Waals surface area contributed by atoms with Gasteiger partial charge in [0.2, 0.25) is 11.8 Å². The van der Waals surface area contributed by atoms with Gasteiger partial charge in [0, 0.05) is 12.3 Å². The van der Waals surface area contributed by atoms with Crippen LogP contribution in [0.4, 0.5) is 5.95 Å². The van der Waals surface area contributed by atoms with E-state index in [9.17, 15) is 5.11 Å². The SMILES string of the molecule is COc1ccnc(NC(C)C(C)O)n1. The van der Waals surface area contributed by atoms with E-state index in [1.165, 1.54) is 0 Å². The quantitative estimate of drug-likeness (QED) is 0.742. The number of aromatic nitrogens is 2. The molecule has 1 rings (SSSR count). The second kappa shape index (κ2) is 4.76. The van der Waals surface area contributed by atoms with E-state index in [0.717, 1.165) is 0 Å². The first-order chi connectivity index (χ1) is 6.63. The van der Waals surface area contributed by atoms with Gasteiger partial charge in [0.15, 0.2) is 0 Å². The average Bonchev–Trinajstić information content (AvgIpc) is 2.18. The van der Waals surface area contributed by atoms with Gasteiger partial charge in [-0.25, -0.2) is 4.98 Å². The fourth-order valence-electron chi connectivity index (χ4n) is 0.850. The molecule has 0 aromatic carbocycles. The molecule has 0 spiro atoms. The molecule has 1 aromatic rings. The van der Waals surface area contributed by atoms with Gasteiger partial charge in [-0.15, -0.1) is 0 Å². The zero-order valence-corrected chi connectivity index (χ0v) is 8.56. The number of hydrogen-bond donors (Lipinski definition) is 2. The Labute approximate surface area is 83.2 Å². The maximum Gasteiger partial charge on any atom is 0.226 e. The van der Waals surface area contributed by atoms with Gasteiger partial charge in [0.25, 0.3) is 0 Å². The fourth-order valence-corrected chi connectivity index (χ4v) is 0.850. The summed E-state index contributed by atoms with van der Waals surface area (Å²) in [6.45, 7) is 3.56. The molecule has 1 heterocycles. The number of methoxy groups -OCH3 is 1. The maximum absolute atomic E-state index is 9.26. The van der Waals surface area contributed by atoms with E-state index >= 15 is 0 Å². The third-order valence-corrected chi connectivity index (χ3v) is 1.92. The van der Waals surface area contributed by atoms with E-state index in [2.05, 4.69) is 15.3 Å². The van der Waals surface area contributed by atoms with Crippen LogP contribution < -0.4 is 10.1 Å². The summed E-state index contributed by atoms with van der Waals surface area (Å²) in [5.41, 5.74) is 0. The number of hydrogen-bond acceptors (Lipinski definition) is 5. The first-order valence-electron chi connectivity index (χ1n) is 4.45. The molecular formula is C9H15N3O2. The van der Waals surface area contributed by atoms with Crippen LogP contribution in [0, 0.1) is 0 Å². The van der Waals surface area contributed by atoms with Crippen LogP contribution in [0.25, 0.3) is 0 Å². The van der Waals surface area contributed by atoms with Crippen LogP contribution in [0.1, 0.15) is 13.8 Å². The van der Waals surface area contributed by atoms with Crippen LogP contribution >= 0.6 is 0 Å². The normalized spacial score (nSPS) is 14.6. The molecule has 0 bridgehead atoms. The summed E-state index contributed by atoms with van der Waals surface area (Å²) in [5.74, 6) is 0.957. The van der Waals surface area contributed by atoms with Crippen LogP contribution in [0.2, 0.25) is 0 Å². The highest BCUT2D eigenvalue weighted by Crippen LogP contribution is 2.08. The third kappa shape index (κ3) is 2.85. The maximum atomic E-state index is 9.26. The third-order valence-electron chi connectivity index (χ3n) is 1.92. The first kappa shape index (κ1) is 10.7. The lowest BCUT2D eigenvalue weighted by Crippen LogP contribution is -2.28. The van der Waals surface area contributed by atoms with Crippen molar-refractivity contribution in [2.24, 2.45) is 0 Å². The highest BCUT2D eigenvalue weighted by Gasteiger charge is 2.09. The zero-order chi connectivity index (χ0) is 10.6. The molecule has 0 aliphatic rings. The van der Waals surface area contributed by atoms with E-state index in [-0.39, 0.29) is 6.04 Å². The van der Waals surface area contributed by atoms with Gasteiger partial charge in [-0.2, -0.15) is 4.98 Å². The highest BCUT2D eigenvalue weighted by atomic mass is 16.5. The summed E-state index contributed by atoms with van der Waals surface area (Å²) in [5, 5.41) is 12.2. The minimum atomic E-state index is -0.454. The Morgan fingerprint density at radius 2 is 2.21 bits per heavy atom. The lowest BCUT2D eigenvalue weighted by molar-refractivity contribution is 0.177. The van der Waals surface area contributed by atoms with Crippen molar-refractivity contribution < 1.29 is 9.84 Å². The number of ether oxygens (including phenoxy) is 1. The molecule has 2 atom stereocenters. The Balaban J connectivity index is 2.66. The molecule has 2 unspecified atom stereocenters. The molecular weight excluding hydrogens is 182 g/mol. The molecule has 0 saturated carbocycles. The molecule has 0 aliphatic heterocycles. The predicted molar refractivity (Wildman–Crippen MR) is 53.3 cm³/mol. The van der Waals surface area contributed by atoms with Gasteiger partial charge in [-0.05, 0) is 13.8 Å². The highest BCUT2D eigenvalue weighted by molar-refractivity contribution is 5.28. The van der Waals surface area contributed by atoms with Gasteiger partial charge in [0.05, 0.1) is 19.3 Å². The zero-order valence-electron chi connectivity index (χ0n) is 8.56. The molecule has 0 radical (unpaired) electrons. The van der Waals surface area contributed by atoms with Gasteiger partial charge >= 0.3 is 0 Å². The largest absolute Gasteiger partial charge is 0.481 e. The minimum Gasteiger partial charge on any atom is -0.481 e. The fraction of sp³-hybridized carbons (Fsp3) is 0.556. The minimum absolute atomic E-state index is 0.0953. The molecule has 0 fully saturated rings. The van der Waals surface area contributed by atoms with Crippen LogP contribution in [0.3, 0.4) is 0 Å². The molecule has 0 aliphatic carbocycles. The lowest BCUT2D eigenvalue weighted by Gasteiger charge is -2.16. The van der Waals surface area contributed by atoms with Gasteiger partial charge in [0.1, 0.15) is 0 Å². The summed E-state index contributed by atoms with van der Waals surface area (Å²) in [6, 6.07) is 1.57. The monoisotopic (exact) mass is 197 g/mol. The Morgan fingerprint density at radius 3 is 2.79 bits per heavy atom. The van der Waals surface area contributed by atoms with Gasteiger partial charge in [-0.3, -0.25) is 0 Å². The Hall–Kier alpha value is -1.36. The van der Waals surface area contributed by atoms with Crippen LogP contribution in [0.5, 0.6) is 5.88 Å². The van der Waals surface area contributed by atoms with E-state index in [0.29, 0.717) is 11.8 Å². The number of aliphatic hydroxyl groups is 1. The summed E-state index contributed by atoms with van der Waals surface area (Å²) in [7, 11) is 1.55. The molecule has 5 heteroatoms. The van der Waals surface area contributed by atoms with Crippen molar-refractivity contribution in [3.63, 3.8) is 0 Å². The second-order valence-corrected chi connectivity index (χ2v) is 3.10. The Bertz CT molecular complexity index is 291. The molecule has 1 aromatic heterocycles. The van der Waals surface area contributed by atoms with Crippen LogP contribution in [0.15, 0.2) is 12.3 Å². The van der Waals surface area contributed by atoms with Crippen molar-refractivity contribution >= 4 is 5.95 Å². The van der Waals surface area contributed by atoms with Gasteiger partial charge < -0.3 is 15.2 Å². The first-order valence-corrected chi connectivity index (χ1v) is 4.45. The van der Waals surface area contributed by atoms with E-state index in [1.54, 1.807) is 26.3 Å². The van der Waals surface area contributed by atoms with Crippen molar-refractivity contribution in [3.8, 4) is 5.88 Å². The topological polar surface area (TPSA) is 67.3 Å². The van der Waals surface area contributed by atoms with E-state index in [4.69, 9.17) is 4.74 Å². The Morgan fingerprint density at radius 1 is 1.50 bits per heavy atom. The lowest BCUT2D eigenvalue weighted by atomic mass is 10.2. The number of rotatable bonds is 4. The van der Waals surface area contributed by atoms with Crippen molar-refractivity contribution in [2.75, 3.05) is 12.4 Å². The van der Waals surface area contributed by atoms with Crippen molar-refractivity contribution in [2.45, 2.75) is 26.0 Å². The number of nitrogens with one attached hydrogen (secondary N) is 1. The second-order valence-electron chi connectivity index (χ2n) is 3.10. The average molecular weight is 197 g/mol.